The van der Waals surface area contributed by atoms with Gasteiger partial charge in [0.1, 0.15) is 5.78 Å². The first kappa shape index (κ1) is 11.9. The fraction of sp³-hybridized carbons (Fsp3) is 0.533. The van der Waals surface area contributed by atoms with E-state index in [0.29, 0.717) is 26.1 Å². The van der Waals surface area contributed by atoms with Crippen LogP contribution < -0.4 is 0 Å². The van der Waals surface area contributed by atoms with Crippen molar-refractivity contribution in [3.05, 3.63) is 34.3 Å². The first-order valence-electron chi connectivity index (χ1n) is 6.80. The van der Waals surface area contributed by atoms with Crippen LogP contribution in [0.25, 0.3) is 0 Å². The highest BCUT2D eigenvalue weighted by molar-refractivity contribution is 6.30. The van der Waals surface area contributed by atoms with Gasteiger partial charge in [0.25, 0.3) is 0 Å². The predicted molar refractivity (Wildman–Crippen MR) is 70.3 cm³/mol. The minimum atomic E-state index is -0.698. The lowest BCUT2D eigenvalue weighted by molar-refractivity contribution is -0.224. The maximum Gasteiger partial charge on any atom is 0.185 e. The molecule has 1 saturated heterocycles. The molecule has 2 fully saturated rings. The normalized spacial score (nSPS) is 31.5. The van der Waals surface area contributed by atoms with Gasteiger partial charge >= 0.3 is 0 Å². The summed E-state index contributed by atoms with van der Waals surface area (Å²) in [5.74, 6) is -0.432. The molecule has 1 aliphatic heterocycles. The van der Waals surface area contributed by atoms with E-state index < -0.39 is 5.79 Å². The highest BCUT2D eigenvalue weighted by atomic mass is 35.5. The van der Waals surface area contributed by atoms with Gasteiger partial charge in [0.05, 0.1) is 19.1 Å². The zero-order chi connectivity index (χ0) is 13.0. The number of ether oxygens (including phenoxy) is 2. The Balaban J connectivity index is 1.88. The van der Waals surface area contributed by atoms with Crippen LogP contribution in [0.4, 0.5) is 0 Å². The fourth-order valence-corrected chi connectivity index (χ4v) is 4.11. The number of benzene rings is 1. The van der Waals surface area contributed by atoms with Crippen LogP contribution in [-0.4, -0.2) is 24.8 Å². The van der Waals surface area contributed by atoms with E-state index in [1.807, 2.05) is 12.1 Å². The van der Waals surface area contributed by atoms with Crippen LogP contribution in [0.5, 0.6) is 0 Å². The van der Waals surface area contributed by atoms with Crippen molar-refractivity contribution in [1.82, 2.24) is 0 Å². The van der Waals surface area contributed by atoms with E-state index in [2.05, 4.69) is 6.07 Å². The summed E-state index contributed by atoms with van der Waals surface area (Å²) in [7, 11) is 0. The Morgan fingerprint density at radius 2 is 2.00 bits per heavy atom. The molecule has 2 bridgehead atoms. The second-order valence-electron chi connectivity index (χ2n) is 5.58. The first-order chi connectivity index (χ1) is 9.21. The van der Waals surface area contributed by atoms with Crippen LogP contribution in [0, 0.1) is 5.92 Å². The fourth-order valence-electron chi connectivity index (χ4n) is 3.91. The van der Waals surface area contributed by atoms with Crippen molar-refractivity contribution in [1.29, 1.82) is 0 Å². The molecule has 19 heavy (non-hydrogen) atoms. The maximum absolute atomic E-state index is 12.3. The van der Waals surface area contributed by atoms with Crippen molar-refractivity contribution in [2.75, 3.05) is 13.2 Å². The van der Waals surface area contributed by atoms with E-state index in [1.165, 1.54) is 11.1 Å². The lowest BCUT2D eigenvalue weighted by Crippen LogP contribution is -2.55. The van der Waals surface area contributed by atoms with Crippen molar-refractivity contribution in [3.8, 4) is 0 Å². The maximum atomic E-state index is 12.3. The number of carbonyl (C=O) groups is 1. The predicted octanol–water partition coefficient (Wildman–Crippen LogP) is 2.70. The lowest BCUT2D eigenvalue weighted by atomic mass is 9.64. The van der Waals surface area contributed by atoms with Crippen molar-refractivity contribution in [3.63, 3.8) is 0 Å². The molecule has 0 unspecified atom stereocenters. The second-order valence-corrected chi connectivity index (χ2v) is 6.01. The largest absolute Gasteiger partial charge is 0.346 e. The minimum Gasteiger partial charge on any atom is -0.346 e. The molecule has 100 valence electrons. The summed E-state index contributed by atoms with van der Waals surface area (Å²) >= 11 is 6.07. The smallest absolute Gasteiger partial charge is 0.185 e. The van der Waals surface area contributed by atoms with Crippen LogP contribution in [-0.2, 0) is 20.7 Å². The van der Waals surface area contributed by atoms with Crippen molar-refractivity contribution in [2.24, 2.45) is 5.92 Å². The molecular formula is C15H15ClO3. The summed E-state index contributed by atoms with van der Waals surface area (Å²) in [4.78, 5) is 12.3. The van der Waals surface area contributed by atoms with Gasteiger partial charge in [-0.05, 0) is 36.1 Å². The zero-order valence-electron chi connectivity index (χ0n) is 10.5. The van der Waals surface area contributed by atoms with E-state index in [1.54, 1.807) is 0 Å². The average molecular weight is 279 g/mol. The minimum absolute atomic E-state index is 0.165. The first-order valence-corrected chi connectivity index (χ1v) is 7.17. The SMILES string of the molecule is O=C1CC[C@@H]2c3ccc(Cl)cc3C[C@H]1C21OCCO1. The van der Waals surface area contributed by atoms with Gasteiger partial charge in [0, 0.05) is 17.4 Å². The molecule has 4 rings (SSSR count). The third kappa shape index (κ3) is 1.55. The third-order valence-corrected chi connectivity index (χ3v) is 4.92. The molecule has 1 aromatic rings. The molecule has 0 aromatic heterocycles. The van der Waals surface area contributed by atoms with Gasteiger partial charge in [-0.3, -0.25) is 4.79 Å². The molecule has 0 N–H and O–H groups in total. The van der Waals surface area contributed by atoms with E-state index in [4.69, 9.17) is 21.1 Å². The summed E-state index contributed by atoms with van der Waals surface area (Å²) in [5, 5.41) is 0.730. The van der Waals surface area contributed by atoms with E-state index in [-0.39, 0.29) is 17.6 Å². The van der Waals surface area contributed by atoms with Gasteiger partial charge in [-0.25, -0.2) is 0 Å². The van der Waals surface area contributed by atoms with Crippen LogP contribution in [0.3, 0.4) is 0 Å². The van der Waals surface area contributed by atoms with Crippen molar-refractivity contribution in [2.45, 2.75) is 31.0 Å². The molecule has 1 aromatic carbocycles. The topological polar surface area (TPSA) is 35.5 Å². The summed E-state index contributed by atoms with van der Waals surface area (Å²) in [6, 6.07) is 5.97. The number of hydrogen-bond donors (Lipinski definition) is 0. The lowest BCUT2D eigenvalue weighted by Gasteiger charge is -2.48. The Morgan fingerprint density at radius 1 is 1.21 bits per heavy atom. The van der Waals surface area contributed by atoms with Gasteiger partial charge in [-0.15, -0.1) is 0 Å². The van der Waals surface area contributed by atoms with Gasteiger partial charge in [-0.1, -0.05) is 17.7 Å². The number of fused-ring (bicyclic) bond motifs is 2. The highest BCUT2D eigenvalue weighted by Crippen LogP contribution is 2.53. The summed E-state index contributed by atoms with van der Waals surface area (Å²) in [5.41, 5.74) is 2.43. The molecule has 1 spiro atoms. The molecule has 3 aliphatic rings. The standard InChI is InChI=1S/C15H15ClO3/c16-10-1-2-11-9(7-10)8-13-14(17)4-3-12(11)15(13)18-5-6-19-15/h1-2,7,12-13H,3-6,8H2/t12-,13-/m1/s1. The molecule has 0 radical (unpaired) electrons. The highest BCUT2D eigenvalue weighted by Gasteiger charge is 2.58. The molecular weight excluding hydrogens is 264 g/mol. The Labute approximate surface area is 116 Å². The molecule has 4 heteroatoms. The quantitative estimate of drug-likeness (QED) is 0.732. The summed E-state index contributed by atoms with van der Waals surface area (Å²) in [6.07, 6.45) is 2.13. The molecule has 3 nitrogen and oxygen atoms in total. The zero-order valence-corrected chi connectivity index (χ0v) is 11.3. The molecule has 2 aliphatic carbocycles. The summed E-state index contributed by atoms with van der Waals surface area (Å²) in [6.45, 7) is 1.17. The van der Waals surface area contributed by atoms with Crippen LogP contribution in [0.15, 0.2) is 18.2 Å². The van der Waals surface area contributed by atoms with E-state index in [0.717, 1.165) is 11.4 Å². The van der Waals surface area contributed by atoms with Crippen LogP contribution in [0.2, 0.25) is 5.02 Å². The second kappa shape index (κ2) is 4.05. The molecule has 2 atom stereocenters. The van der Waals surface area contributed by atoms with Gasteiger partial charge in [0.2, 0.25) is 0 Å². The Bertz CT molecular complexity index is 548. The number of hydrogen-bond acceptors (Lipinski definition) is 3. The van der Waals surface area contributed by atoms with Gasteiger partial charge < -0.3 is 9.47 Å². The molecule has 1 saturated carbocycles. The number of ketones is 1. The summed E-state index contributed by atoms with van der Waals surface area (Å²) < 4.78 is 11.9. The van der Waals surface area contributed by atoms with Crippen LogP contribution >= 0.6 is 11.6 Å². The Morgan fingerprint density at radius 3 is 2.79 bits per heavy atom. The van der Waals surface area contributed by atoms with Gasteiger partial charge in [0.15, 0.2) is 5.79 Å². The van der Waals surface area contributed by atoms with E-state index in [9.17, 15) is 4.79 Å². The van der Waals surface area contributed by atoms with E-state index >= 15 is 0 Å². The number of halogens is 1. The molecule has 1 heterocycles. The van der Waals surface area contributed by atoms with Gasteiger partial charge in [-0.2, -0.15) is 0 Å². The van der Waals surface area contributed by atoms with Crippen LogP contribution in [0.1, 0.15) is 29.9 Å². The molecule has 0 amide bonds. The van der Waals surface area contributed by atoms with Crippen molar-refractivity contribution >= 4 is 17.4 Å². The van der Waals surface area contributed by atoms with Crippen molar-refractivity contribution < 1.29 is 14.3 Å². The third-order valence-electron chi connectivity index (χ3n) is 4.68. The average Bonchev–Trinajstić information content (AvgIpc) is 2.84. The monoisotopic (exact) mass is 278 g/mol. The Kier molecular flexibility index (Phi) is 2.53. The Hall–Kier alpha value is -0.900. The number of Topliss-reactive ketones (excluding diaryl/α,β-unsaturated/α-hetero) is 1. The number of rotatable bonds is 0. The number of carbonyl (C=O) groups excluding carboxylic acids is 1.